The number of halogens is 1. The predicted molar refractivity (Wildman–Crippen MR) is 85.5 cm³/mol. The molecule has 0 saturated carbocycles. The van der Waals surface area contributed by atoms with Crippen LogP contribution < -0.4 is 0 Å². The SMILES string of the molecule is CN(C)C(=O)CN1CCO[C@@H]2CN(Cc3cccc(F)c3)C[C@@H]21. The molecule has 0 bridgehead atoms. The number of ether oxygens (including phenoxy) is 1. The minimum atomic E-state index is -0.200. The Labute approximate surface area is 136 Å². The lowest BCUT2D eigenvalue weighted by Gasteiger charge is -2.36. The first-order valence-corrected chi connectivity index (χ1v) is 8.05. The van der Waals surface area contributed by atoms with Crippen LogP contribution in [0.25, 0.3) is 0 Å². The molecule has 1 aromatic rings. The molecule has 0 aliphatic carbocycles. The molecule has 2 aliphatic heterocycles. The highest BCUT2D eigenvalue weighted by atomic mass is 19.1. The van der Waals surface area contributed by atoms with E-state index in [0.29, 0.717) is 19.7 Å². The summed E-state index contributed by atoms with van der Waals surface area (Å²) in [5.41, 5.74) is 0.972. The standard InChI is InChI=1S/C17H24FN3O2/c1-19(2)17(22)12-21-6-7-23-16-11-20(10-15(16)21)9-13-4-3-5-14(18)8-13/h3-5,8,15-16H,6-7,9-12H2,1-2H3/t15-,16+/m0/s1. The molecule has 0 N–H and O–H groups in total. The fraction of sp³-hybridized carbons (Fsp3) is 0.588. The molecule has 2 atom stereocenters. The first-order chi connectivity index (χ1) is 11.0. The zero-order valence-corrected chi connectivity index (χ0v) is 13.7. The van der Waals surface area contributed by atoms with Gasteiger partial charge in [0.15, 0.2) is 0 Å². The van der Waals surface area contributed by atoms with Crippen molar-refractivity contribution in [2.24, 2.45) is 0 Å². The molecule has 6 heteroatoms. The molecule has 2 heterocycles. The zero-order valence-electron chi connectivity index (χ0n) is 13.7. The highest BCUT2D eigenvalue weighted by molar-refractivity contribution is 5.77. The van der Waals surface area contributed by atoms with E-state index in [4.69, 9.17) is 4.74 Å². The number of amides is 1. The third-order valence-electron chi connectivity index (χ3n) is 4.62. The van der Waals surface area contributed by atoms with Crippen LogP contribution in [0.5, 0.6) is 0 Å². The van der Waals surface area contributed by atoms with Gasteiger partial charge in [-0.05, 0) is 17.7 Å². The van der Waals surface area contributed by atoms with Crippen molar-refractivity contribution in [2.45, 2.75) is 18.7 Å². The molecule has 5 nitrogen and oxygen atoms in total. The van der Waals surface area contributed by atoms with Crippen LogP contribution in [0.3, 0.4) is 0 Å². The van der Waals surface area contributed by atoms with Crippen LogP contribution in [-0.2, 0) is 16.1 Å². The highest BCUT2D eigenvalue weighted by Gasteiger charge is 2.40. The summed E-state index contributed by atoms with van der Waals surface area (Å²) in [6, 6.07) is 6.97. The Hall–Kier alpha value is -1.50. The first-order valence-electron chi connectivity index (χ1n) is 8.05. The highest BCUT2D eigenvalue weighted by Crippen LogP contribution is 2.24. The number of carbonyl (C=O) groups excluding carboxylic acids is 1. The van der Waals surface area contributed by atoms with Gasteiger partial charge in [0.25, 0.3) is 0 Å². The summed E-state index contributed by atoms with van der Waals surface area (Å²) in [6.45, 7) is 4.27. The summed E-state index contributed by atoms with van der Waals surface area (Å²) >= 11 is 0. The van der Waals surface area contributed by atoms with Gasteiger partial charge in [-0.15, -0.1) is 0 Å². The van der Waals surface area contributed by atoms with Gasteiger partial charge in [0.1, 0.15) is 5.82 Å². The number of benzene rings is 1. The lowest BCUT2D eigenvalue weighted by molar-refractivity contribution is -0.133. The van der Waals surface area contributed by atoms with E-state index < -0.39 is 0 Å². The van der Waals surface area contributed by atoms with Gasteiger partial charge < -0.3 is 9.64 Å². The van der Waals surface area contributed by atoms with Gasteiger partial charge in [-0.25, -0.2) is 4.39 Å². The molecular weight excluding hydrogens is 297 g/mol. The molecule has 3 rings (SSSR count). The quantitative estimate of drug-likeness (QED) is 0.822. The maximum atomic E-state index is 13.3. The van der Waals surface area contributed by atoms with Crippen molar-refractivity contribution in [3.63, 3.8) is 0 Å². The van der Waals surface area contributed by atoms with E-state index in [1.54, 1.807) is 31.1 Å². The van der Waals surface area contributed by atoms with Crippen LogP contribution in [0.2, 0.25) is 0 Å². The molecule has 2 saturated heterocycles. The molecule has 2 aliphatic rings. The zero-order chi connectivity index (χ0) is 16.4. The monoisotopic (exact) mass is 321 g/mol. The fourth-order valence-electron chi connectivity index (χ4n) is 3.37. The Morgan fingerprint density at radius 3 is 2.96 bits per heavy atom. The first kappa shape index (κ1) is 16.4. The summed E-state index contributed by atoms with van der Waals surface area (Å²) in [7, 11) is 3.57. The number of rotatable bonds is 4. The molecule has 0 unspecified atom stereocenters. The molecule has 0 radical (unpaired) electrons. The van der Waals surface area contributed by atoms with Crippen LogP contribution in [-0.4, -0.2) is 79.6 Å². The second-order valence-corrected chi connectivity index (χ2v) is 6.56. The predicted octanol–water partition coefficient (Wildman–Crippen LogP) is 0.799. The molecule has 0 aromatic heterocycles. The summed E-state index contributed by atoms with van der Waals surface area (Å²) in [5.74, 6) is -0.0807. The Bertz CT molecular complexity index is 567. The second-order valence-electron chi connectivity index (χ2n) is 6.56. The van der Waals surface area contributed by atoms with E-state index >= 15 is 0 Å². The normalized spacial score (nSPS) is 25.3. The van der Waals surface area contributed by atoms with Crippen molar-refractivity contribution in [3.05, 3.63) is 35.6 Å². The number of likely N-dealkylation sites (tertiary alicyclic amines) is 1. The lowest BCUT2D eigenvalue weighted by atomic mass is 10.1. The molecule has 1 amide bonds. The largest absolute Gasteiger partial charge is 0.374 e. The Morgan fingerprint density at radius 2 is 2.22 bits per heavy atom. The van der Waals surface area contributed by atoms with E-state index in [9.17, 15) is 9.18 Å². The molecule has 2 fully saturated rings. The van der Waals surface area contributed by atoms with Gasteiger partial charge in [0, 0.05) is 40.3 Å². The topological polar surface area (TPSA) is 36.0 Å². The van der Waals surface area contributed by atoms with E-state index in [0.717, 1.165) is 25.2 Å². The molecule has 23 heavy (non-hydrogen) atoms. The van der Waals surface area contributed by atoms with Crippen LogP contribution >= 0.6 is 0 Å². The molecular formula is C17H24FN3O2. The smallest absolute Gasteiger partial charge is 0.236 e. The Morgan fingerprint density at radius 1 is 1.39 bits per heavy atom. The van der Waals surface area contributed by atoms with Crippen LogP contribution in [0.15, 0.2) is 24.3 Å². The van der Waals surface area contributed by atoms with Crippen molar-refractivity contribution in [3.8, 4) is 0 Å². The number of carbonyl (C=O) groups is 1. The minimum Gasteiger partial charge on any atom is -0.374 e. The van der Waals surface area contributed by atoms with Gasteiger partial charge >= 0.3 is 0 Å². The number of hydrogen-bond donors (Lipinski definition) is 0. The summed E-state index contributed by atoms with van der Waals surface area (Å²) < 4.78 is 19.2. The van der Waals surface area contributed by atoms with Crippen LogP contribution in [0, 0.1) is 5.82 Å². The maximum absolute atomic E-state index is 13.3. The van der Waals surface area contributed by atoms with Gasteiger partial charge in [-0.2, -0.15) is 0 Å². The summed E-state index contributed by atoms with van der Waals surface area (Å²) in [5, 5.41) is 0. The third-order valence-corrected chi connectivity index (χ3v) is 4.62. The lowest BCUT2D eigenvalue weighted by Crippen LogP contribution is -2.53. The van der Waals surface area contributed by atoms with Crippen molar-refractivity contribution < 1.29 is 13.9 Å². The number of morpholine rings is 1. The van der Waals surface area contributed by atoms with Crippen molar-refractivity contribution in [2.75, 3.05) is 46.9 Å². The molecule has 0 spiro atoms. The average Bonchev–Trinajstić information content (AvgIpc) is 2.90. The van der Waals surface area contributed by atoms with E-state index in [1.807, 2.05) is 6.07 Å². The van der Waals surface area contributed by atoms with Crippen molar-refractivity contribution >= 4 is 5.91 Å². The van der Waals surface area contributed by atoms with E-state index in [-0.39, 0.29) is 23.9 Å². The number of fused-ring (bicyclic) bond motifs is 1. The van der Waals surface area contributed by atoms with E-state index in [2.05, 4.69) is 9.80 Å². The van der Waals surface area contributed by atoms with E-state index in [1.165, 1.54) is 6.07 Å². The summed E-state index contributed by atoms with van der Waals surface area (Å²) in [6.07, 6.45) is 0.132. The van der Waals surface area contributed by atoms with Crippen LogP contribution in [0.1, 0.15) is 5.56 Å². The van der Waals surface area contributed by atoms with Gasteiger partial charge in [0.2, 0.25) is 5.91 Å². The average molecular weight is 321 g/mol. The Kier molecular flexibility index (Phi) is 4.94. The Balaban J connectivity index is 1.62. The van der Waals surface area contributed by atoms with Gasteiger partial charge in [-0.3, -0.25) is 14.6 Å². The summed E-state index contributed by atoms with van der Waals surface area (Å²) in [4.78, 5) is 18.1. The second kappa shape index (κ2) is 6.95. The fourth-order valence-corrected chi connectivity index (χ4v) is 3.37. The minimum absolute atomic E-state index is 0.120. The maximum Gasteiger partial charge on any atom is 0.236 e. The van der Waals surface area contributed by atoms with Crippen LogP contribution in [0.4, 0.5) is 4.39 Å². The number of likely N-dealkylation sites (N-methyl/N-ethyl adjacent to an activating group) is 1. The van der Waals surface area contributed by atoms with Crippen molar-refractivity contribution in [1.29, 1.82) is 0 Å². The molecule has 126 valence electrons. The van der Waals surface area contributed by atoms with Gasteiger partial charge in [-0.1, -0.05) is 12.1 Å². The van der Waals surface area contributed by atoms with Crippen molar-refractivity contribution in [1.82, 2.24) is 14.7 Å². The third kappa shape index (κ3) is 3.88. The molecule has 1 aromatic carbocycles. The van der Waals surface area contributed by atoms with Gasteiger partial charge in [0.05, 0.1) is 25.3 Å². The number of nitrogens with zero attached hydrogens (tertiary/aromatic N) is 3. The number of hydrogen-bond acceptors (Lipinski definition) is 4.